The number of anilines is 2. The summed E-state index contributed by atoms with van der Waals surface area (Å²) >= 11 is 5.87. The van der Waals surface area contributed by atoms with Gasteiger partial charge in [-0.2, -0.15) is 13.2 Å². The Labute approximate surface area is 175 Å². The third kappa shape index (κ3) is 7.30. The first-order chi connectivity index (χ1) is 14.3. The average molecular weight is 440 g/mol. The van der Waals surface area contributed by atoms with Gasteiger partial charge in [-0.15, -0.1) is 0 Å². The molecule has 158 valence electrons. The lowest BCUT2D eigenvalue weighted by molar-refractivity contribution is -0.141. The Morgan fingerprint density at radius 1 is 1.13 bits per heavy atom. The molecule has 0 saturated carbocycles. The van der Waals surface area contributed by atoms with Crippen LogP contribution in [-0.4, -0.2) is 26.5 Å². The molecule has 0 unspecified atom stereocenters. The van der Waals surface area contributed by atoms with Crippen molar-refractivity contribution in [3.05, 3.63) is 76.8 Å². The van der Waals surface area contributed by atoms with Crippen molar-refractivity contribution in [1.82, 2.24) is 20.3 Å². The van der Waals surface area contributed by atoms with Crippen LogP contribution in [0.4, 0.5) is 24.8 Å². The van der Waals surface area contributed by atoms with Gasteiger partial charge < -0.3 is 15.7 Å². The summed E-state index contributed by atoms with van der Waals surface area (Å²) in [5.74, 6) is -0.152. The first kappa shape index (κ1) is 23.0. The number of alkyl halides is 3. The zero-order valence-electron chi connectivity index (χ0n) is 15.4. The summed E-state index contributed by atoms with van der Waals surface area (Å²) in [6.07, 6.45) is -0.158. The summed E-state index contributed by atoms with van der Waals surface area (Å²) in [5, 5.41) is 13.0. The lowest BCUT2D eigenvalue weighted by Crippen LogP contribution is -2.20. The summed E-state index contributed by atoms with van der Waals surface area (Å²) in [7, 11) is 0. The monoisotopic (exact) mass is 439 g/mol. The molecule has 0 aliphatic heterocycles. The number of hydrogen-bond donors (Lipinski definition) is 3. The fourth-order valence-electron chi connectivity index (χ4n) is 2.38. The van der Waals surface area contributed by atoms with E-state index < -0.39 is 11.9 Å². The molecule has 11 heteroatoms. The standard InChI is InChI=1S/C18H15ClF3N5.CH2O2/c19-14-4-1-5-15(7-14)26-17-25-11-13(16(27-17)18(20,21)22)10-24-9-12-3-2-6-23-8-12;2-1-3/h1-8,11,24H,9-10H2,(H,25,26,27);1H,(H,2,3). The Kier molecular flexibility index (Phi) is 8.51. The van der Waals surface area contributed by atoms with Gasteiger partial charge >= 0.3 is 6.18 Å². The van der Waals surface area contributed by atoms with Crippen LogP contribution in [0.1, 0.15) is 16.8 Å². The second kappa shape index (κ2) is 11.1. The van der Waals surface area contributed by atoms with Crippen molar-refractivity contribution in [2.24, 2.45) is 0 Å². The highest BCUT2D eigenvalue weighted by molar-refractivity contribution is 6.30. The molecule has 0 saturated heterocycles. The smallest absolute Gasteiger partial charge is 0.433 e. The van der Waals surface area contributed by atoms with Gasteiger partial charge in [-0.3, -0.25) is 9.78 Å². The van der Waals surface area contributed by atoms with E-state index in [4.69, 9.17) is 21.5 Å². The predicted molar refractivity (Wildman–Crippen MR) is 105 cm³/mol. The van der Waals surface area contributed by atoms with Crippen LogP contribution >= 0.6 is 11.6 Å². The van der Waals surface area contributed by atoms with Gasteiger partial charge in [0.25, 0.3) is 6.47 Å². The predicted octanol–water partition coefficient (Wildman–Crippen LogP) is 4.28. The van der Waals surface area contributed by atoms with Crippen LogP contribution in [-0.2, 0) is 24.1 Å². The molecule has 0 radical (unpaired) electrons. The first-order valence-electron chi connectivity index (χ1n) is 8.46. The third-order valence-electron chi connectivity index (χ3n) is 3.58. The molecule has 2 heterocycles. The van der Waals surface area contributed by atoms with Crippen molar-refractivity contribution in [3.8, 4) is 0 Å². The molecule has 3 N–H and O–H groups in total. The Morgan fingerprint density at radius 3 is 2.53 bits per heavy atom. The highest BCUT2D eigenvalue weighted by Crippen LogP contribution is 2.31. The molecule has 0 fully saturated rings. The molecule has 0 aliphatic carbocycles. The summed E-state index contributed by atoms with van der Waals surface area (Å²) in [4.78, 5) is 20.0. The molecular formula is C19H17ClF3N5O2. The fraction of sp³-hybridized carbons (Fsp3) is 0.158. The van der Waals surface area contributed by atoms with Crippen molar-refractivity contribution in [2.45, 2.75) is 19.3 Å². The minimum atomic E-state index is -4.60. The number of pyridine rings is 1. The largest absolute Gasteiger partial charge is 0.483 e. The molecule has 0 amide bonds. The van der Waals surface area contributed by atoms with Crippen LogP contribution < -0.4 is 10.6 Å². The summed E-state index contributed by atoms with van der Waals surface area (Å²) in [5.41, 5.74) is 0.341. The zero-order chi connectivity index (χ0) is 22.0. The number of benzene rings is 1. The SMILES string of the molecule is FC(F)(F)c1nc(Nc2cccc(Cl)c2)ncc1CNCc1cccnc1.O=CO. The molecule has 7 nitrogen and oxygen atoms in total. The van der Waals surface area contributed by atoms with E-state index in [1.165, 1.54) is 6.20 Å². The molecule has 3 rings (SSSR count). The molecule has 0 aliphatic rings. The number of nitrogens with one attached hydrogen (secondary N) is 2. The molecule has 1 aromatic carbocycles. The minimum absolute atomic E-state index is 0.0266. The third-order valence-corrected chi connectivity index (χ3v) is 3.82. The zero-order valence-corrected chi connectivity index (χ0v) is 16.2. The minimum Gasteiger partial charge on any atom is -0.483 e. The fourth-order valence-corrected chi connectivity index (χ4v) is 2.57. The normalized spacial score (nSPS) is 10.7. The van der Waals surface area contributed by atoms with Crippen molar-refractivity contribution in [3.63, 3.8) is 0 Å². The number of hydrogen-bond acceptors (Lipinski definition) is 6. The van der Waals surface area contributed by atoms with Gasteiger partial charge in [0.2, 0.25) is 5.95 Å². The highest BCUT2D eigenvalue weighted by atomic mass is 35.5. The molecule has 0 atom stereocenters. The summed E-state index contributed by atoms with van der Waals surface area (Å²) in [6.45, 7) is 0.106. The van der Waals surface area contributed by atoms with Crippen molar-refractivity contribution >= 4 is 29.7 Å². The second-order valence-corrected chi connectivity index (χ2v) is 6.21. The van der Waals surface area contributed by atoms with E-state index in [2.05, 4.69) is 25.6 Å². The maximum absolute atomic E-state index is 13.4. The van der Waals surface area contributed by atoms with Gasteiger partial charge in [0.1, 0.15) is 0 Å². The van der Waals surface area contributed by atoms with Crippen LogP contribution in [0.15, 0.2) is 55.0 Å². The van der Waals surface area contributed by atoms with Crippen LogP contribution in [0.3, 0.4) is 0 Å². The topological polar surface area (TPSA) is 100 Å². The molecule has 3 aromatic rings. The highest BCUT2D eigenvalue weighted by Gasteiger charge is 2.36. The van der Waals surface area contributed by atoms with Gasteiger partial charge in [-0.05, 0) is 29.8 Å². The molecule has 2 aromatic heterocycles. The van der Waals surface area contributed by atoms with E-state index in [0.717, 1.165) is 5.56 Å². The maximum Gasteiger partial charge on any atom is 0.433 e. The van der Waals surface area contributed by atoms with Crippen molar-refractivity contribution in [2.75, 3.05) is 5.32 Å². The van der Waals surface area contributed by atoms with Crippen LogP contribution in [0.25, 0.3) is 0 Å². The Morgan fingerprint density at radius 2 is 1.90 bits per heavy atom. The number of carboxylic acid groups (broad SMARTS) is 1. The molecule has 30 heavy (non-hydrogen) atoms. The van der Waals surface area contributed by atoms with E-state index in [-0.39, 0.29) is 24.5 Å². The van der Waals surface area contributed by atoms with Gasteiger partial charge in [-0.1, -0.05) is 23.7 Å². The molecule has 0 bridgehead atoms. The van der Waals surface area contributed by atoms with E-state index in [1.807, 2.05) is 6.07 Å². The Balaban J connectivity index is 0.00000101. The summed E-state index contributed by atoms with van der Waals surface area (Å²) in [6, 6.07) is 10.2. The van der Waals surface area contributed by atoms with E-state index in [0.29, 0.717) is 17.3 Å². The number of rotatable bonds is 6. The van der Waals surface area contributed by atoms with Crippen LogP contribution in [0.5, 0.6) is 0 Å². The van der Waals surface area contributed by atoms with Crippen LogP contribution in [0.2, 0.25) is 5.02 Å². The number of nitrogens with zero attached hydrogens (tertiary/aromatic N) is 3. The van der Waals surface area contributed by atoms with Gasteiger partial charge in [0, 0.05) is 48.0 Å². The van der Waals surface area contributed by atoms with Gasteiger partial charge in [0.15, 0.2) is 5.69 Å². The Bertz CT molecular complexity index is 958. The van der Waals surface area contributed by atoms with Crippen LogP contribution in [0, 0.1) is 0 Å². The second-order valence-electron chi connectivity index (χ2n) is 5.77. The van der Waals surface area contributed by atoms with Gasteiger partial charge in [0.05, 0.1) is 0 Å². The van der Waals surface area contributed by atoms with E-state index in [1.54, 1.807) is 42.7 Å². The van der Waals surface area contributed by atoms with Crippen molar-refractivity contribution < 1.29 is 23.1 Å². The van der Waals surface area contributed by atoms with Crippen molar-refractivity contribution in [1.29, 1.82) is 0 Å². The quantitative estimate of drug-likeness (QED) is 0.493. The lowest BCUT2D eigenvalue weighted by atomic mass is 10.2. The number of halogens is 4. The molecular weight excluding hydrogens is 423 g/mol. The Hall–Kier alpha value is -3.24. The number of aromatic nitrogens is 3. The van der Waals surface area contributed by atoms with Gasteiger partial charge in [-0.25, -0.2) is 9.97 Å². The molecule has 0 spiro atoms. The van der Waals surface area contributed by atoms with E-state index >= 15 is 0 Å². The maximum atomic E-state index is 13.4. The summed E-state index contributed by atoms with van der Waals surface area (Å²) < 4.78 is 40.2. The lowest BCUT2D eigenvalue weighted by Gasteiger charge is -2.14. The number of carbonyl (C=O) groups is 1. The first-order valence-corrected chi connectivity index (χ1v) is 8.84. The van der Waals surface area contributed by atoms with E-state index in [9.17, 15) is 13.2 Å². The average Bonchev–Trinajstić information content (AvgIpc) is 2.70.